The molecule has 12 heteroatoms. The first-order valence-electron chi connectivity index (χ1n) is 14.4. The van der Waals surface area contributed by atoms with Gasteiger partial charge in [-0.25, -0.2) is 15.0 Å². The molecule has 0 amide bonds. The van der Waals surface area contributed by atoms with E-state index in [-0.39, 0.29) is 23.3 Å². The third-order valence-electron chi connectivity index (χ3n) is 8.05. The summed E-state index contributed by atoms with van der Waals surface area (Å²) in [4.78, 5) is 30.9. The molecule has 3 aromatic rings. The number of hydrogen-bond acceptors (Lipinski definition) is 8. The number of benzene rings is 1. The maximum Gasteiger partial charge on any atom is 0.451 e. The predicted octanol–water partition coefficient (Wildman–Crippen LogP) is 4.19. The van der Waals surface area contributed by atoms with Gasteiger partial charge in [0.15, 0.2) is 0 Å². The monoisotopic (exact) mass is 580 g/mol. The van der Waals surface area contributed by atoms with E-state index in [0.717, 1.165) is 44.6 Å². The Kier molecular flexibility index (Phi) is 9.37. The first kappa shape index (κ1) is 29.5. The standard InChI is InChI=1S/C30H35F3N8O/c31-30(32,33)29-36-27(40-17-15-38(16-18-40)13-14-39-12-10-35-22-39)19-28(37-29)41-11-2-4-25(21-41)26(42)5-1-3-23-6-8-24(20-34)9-7-23/h6-10,12,19,22,25H,1-5,11,13-18,21H2/t25-/m1/s1. The molecule has 0 saturated carbocycles. The van der Waals surface area contributed by atoms with Crippen LogP contribution in [0.1, 0.15) is 42.6 Å². The molecule has 0 unspecified atom stereocenters. The molecule has 0 radical (unpaired) electrons. The van der Waals surface area contributed by atoms with Gasteiger partial charge in [0.25, 0.3) is 0 Å². The topological polar surface area (TPSA) is 94.2 Å². The molecule has 0 aliphatic carbocycles. The Morgan fingerprint density at radius 3 is 2.40 bits per heavy atom. The second-order valence-corrected chi connectivity index (χ2v) is 10.9. The molecule has 1 atom stereocenters. The van der Waals surface area contributed by atoms with Crippen LogP contribution in [0.25, 0.3) is 0 Å². The Morgan fingerprint density at radius 2 is 1.74 bits per heavy atom. The van der Waals surface area contributed by atoms with Gasteiger partial charge in [0, 0.05) is 83.2 Å². The summed E-state index contributed by atoms with van der Waals surface area (Å²) in [7, 11) is 0. The molecular formula is C30H35F3N8O. The molecule has 2 saturated heterocycles. The highest BCUT2D eigenvalue weighted by atomic mass is 19.4. The van der Waals surface area contributed by atoms with E-state index in [2.05, 4.69) is 25.9 Å². The number of alkyl halides is 3. The van der Waals surface area contributed by atoms with Crippen LogP contribution in [-0.2, 0) is 23.9 Å². The maximum atomic E-state index is 13.9. The molecule has 222 valence electrons. The highest BCUT2D eigenvalue weighted by molar-refractivity contribution is 5.81. The third kappa shape index (κ3) is 7.64. The van der Waals surface area contributed by atoms with Crippen LogP contribution in [0, 0.1) is 17.2 Å². The van der Waals surface area contributed by atoms with Gasteiger partial charge in [-0.05, 0) is 43.4 Å². The number of aromatic nitrogens is 4. The van der Waals surface area contributed by atoms with E-state index in [1.165, 1.54) is 0 Å². The van der Waals surface area contributed by atoms with Crippen LogP contribution in [0.4, 0.5) is 24.8 Å². The van der Waals surface area contributed by atoms with Gasteiger partial charge in [-0.15, -0.1) is 0 Å². The Bertz CT molecular complexity index is 1360. The zero-order valence-corrected chi connectivity index (χ0v) is 23.5. The molecular weight excluding hydrogens is 545 g/mol. The van der Waals surface area contributed by atoms with E-state index in [4.69, 9.17) is 5.26 Å². The fourth-order valence-electron chi connectivity index (χ4n) is 5.61. The molecule has 0 N–H and O–H groups in total. The lowest BCUT2D eigenvalue weighted by atomic mass is 9.90. The van der Waals surface area contributed by atoms with Crippen molar-refractivity contribution in [2.24, 2.45) is 5.92 Å². The number of imidazole rings is 1. The van der Waals surface area contributed by atoms with Crippen molar-refractivity contribution in [2.75, 3.05) is 55.6 Å². The van der Waals surface area contributed by atoms with Crippen molar-refractivity contribution in [3.63, 3.8) is 0 Å². The second kappa shape index (κ2) is 13.3. The fraction of sp³-hybridized carbons (Fsp3) is 0.500. The minimum Gasteiger partial charge on any atom is -0.356 e. The molecule has 2 aromatic heterocycles. The zero-order valence-electron chi connectivity index (χ0n) is 23.5. The van der Waals surface area contributed by atoms with Gasteiger partial charge in [0.05, 0.1) is 18.0 Å². The summed E-state index contributed by atoms with van der Waals surface area (Å²) in [6.45, 7) is 5.12. The molecule has 0 spiro atoms. The van der Waals surface area contributed by atoms with Gasteiger partial charge in [-0.1, -0.05) is 12.1 Å². The number of carbonyl (C=O) groups excluding carboxylic acids is 1. The van der Waals surface area contributed by atoms with Gasteiger partial charge in [0.2, 0.25) is 5.82 Å². The van der Waals surface area contributed by atoms with Gasteiger partial charge in [-0.3, -0.25) is 9.69 Å². The summed E-state index contributed by atoms with van der Waals surface area (Å²) in [6, 6.07) is 11.1. The molecule has 5 rings (SSSR count). The zero-order chi connectivity index (χ0) is 29.5. The number of rotatable bonds is 10. The van der Waals surface area contributed by atoms with E-state index in [0.29, 0.717) is 51.0 Å². The van der Waals surface area contributed by atoms with Crippen LogP contribution in [0.5, 0.6) is 0 Å². The fourth-order valence-corrected chi connectivity index (χ4v) is 5.61. The summed E-state index contributed by atoms with van der Waals surface area (Å²) < 4.78 is 43.6. The Labute approximate surface area is 243 Å². The lowest BCUT2D eigenvalue weighted by molar-refractivity contribution is -0.144. The number of aryl methyl sites for hydroxylation is 1. The molecule has 9 nitrogen and oxygen atoms in total. The van der Waals surface area contributed by atoms with Crippen molar-refractivity contribution in [3.05, 3.63) is 66.0 Å². The normalized spacial score (nSPS) is 18.2. The summed E-state index contributed by atoms with van der Waals surface area (Å²) in [5.41, 5.74) is 1.67. The molecule has 0 bridgehead atoms. The number of carbonyl (C=O) groups is 1. The maximum absolute atomic E-state index is 13.9. The first-order valence-corrected chi connectivity index (χ1v) is 14.4. The van der Waals surface area contributed by atoms with Gasteiger partial charge < -0.3 is 14.4 Å². The van der Waals surface area contributed by atoms with Crippen molar-refractivity contribution in [1.82, 2.24) is 24.4 Å². The van der Waals surface area contributed by atoms with E-state index < -0.39 is 12.0 Å². The summed E-state index contributed by atoms with van der Waals surface area (Å²) in [6.07, 6.45) is 4.00. The lowest BCUT2D eigenvalue weighted by Gasteiger charge is -2.37. The molecule has 2 aliphatic rings. The SMILES string of the molecule is N#Cc1ccc(CCCC(=O)[C@@H]2CCCN(c3cc(N4CCN(CCn5ccnc5)CC4)nc(C(F)(F)F)n3)C2)cc1. The Hall–Kier alpha value is -3.98. The second-order valence-electron chi connectivity index (χ2n) is 10.9. The van der Waals surface area contributed by atoms with Crippen molar-refractivity contribution in [1.29, 1.82) is 5.26 Å². The van der Waals surface area contributed by atoms with Crippen molar-refractivity contribution < 1.29 is 18.0 Å². The highest BCUT2D eigenvalue weighted by Gasteiger charge is 2.37. The average Bonchev–Trinajstić information content (AvgIpc) is 3.54. The van der Waals surface area contributed by atoms with Crippen molar-refractivity contribution in [3.8, 4) is 6.07 Å². The van der Waals surface area contributed by atoms with E-state index >= 15 is 0 Å². The number of halogens is 3. The van der Waals surface area contributed by atoms with Crippen molar-refractivity contribution >= 4 is 17.4 Å². The average molecular weight is 581 g/mol. The number of ketones is 1. The number of piperazine rings is 1. The van der Waals surface area contributed by atoms with Gasteiger partial charge >= 0.3 is 6.18 Å². The van der Waals surface area contributed by atoms with Crippen LogP contribution < -0.4 is 9.80 Å². The van der Waals surface area contributed by atoms with Crippen LogP contribution in [-0.4, -0.2) is 76.0 Å². The third-order valence-corrected chi connectivity index (χ3v) is 8.05. The van der Waals surface area contributed by atoms with Crippen LogP contribution in [0.15, 0.2) is 49.1 Å². The number of nitrogens with zero attached hydrogens (tertiary/aromatic N) is 8. The molecule has 1 aromatic carbocycles. The smallest absolute Gasteiger partial charge is 0.356 e. The van der Waals surface area contributed by atoms with Gasteiger partial charge in [0.1, 0.15) is 17.4 Å². The number of nitriles is 1. The number of anilines is 2. The summed E-state index contributed by atoms with van der Waals surface area (Å²) >= 11 is 0. The predicted molar refractivity (Wildman–Crippen MR) is 152 cm³/mol. The largest absolute Gasteiger partial charge is 0.451 e. The minimum absolute atomic E-state index is 0.130. The van der Waals surface area contributed by atoms with Gasteiger partial charge in [-0.2, -0.15) is 18.4 Å². The summed E-state index contributed by atoms with van der Waals surface area (Å²) in [5, 5.41) is 8.95. The number of piperidine rings is 1. The van der Waals surface area contributed by atoms with Crippen LogP contribution >= 0.6 is 0 Å². The molecule has 42 heavy (non-hydrogen) atoms. The number of Topliss-reactive ketones (excluding diaryl/α,β-unsaturated/α-hetero) is 1. The minimum atomic E-state index is -4.67. The molecule has 2 aliphatic heterocycles. The lowest BCUT2D eigenvalue weighted by Crippen LogP contribution is -2.47. The van der Waals surface area contributed by atoms with E-state index in [9.17, 15) is 18.0 Å². The quantitative estimate of drug-likeness (QED) is 0.353. The number of hydrogen-bond donors (Lipinski definition) is 0. The van der Waals surface area contributed by atoms with E-state index in [1.807, 2.05) is 32.7 Å². The molecule has 2 fully saturated rings. The van der Waals surface area contributed by atoms with Crippen LogP contribution in [0.2, 0.25) is 0 Å². The highest BCUT2D eigenvalue weighted by Crippen LogP contribution is 2.32. The Morgan fingerprint density at radius 1 is 1.00 bits per heavy atom. The first-order chi connectivity index (χ1) is 20.3. The van der Waals surface area contributed by atoms with E-state index in [1.54, 1.807) is 30.7 Å². The summed E-state index contributed by atoms with van der Waals surface area (Å²) in [5.74, 6) is -0.757. The van der Waals surface area contributed by atoms with Crippen LogP contribution in [0.3, 0.4) is 0 Å². The molecule has 4 heterocycles. The Balaban J connectivity index is 1.20. The van der Waals surface area contributed by atoms with Crippen molar-refractivity contribution in [2.45, 2.75) is 44.8 Å².